The molecule has 0 saturated carbocycles. The monoisotopic (exact) mass is 391 g/mol. The fourth-order valence-corrected chi connectivity index (χ4v) is 3.33. The summed E-state index contributed by atoms with van der Waals surface area (Å²) in [5, 5.41) is 15.3. The molecule has 0 radical (unpaired) electrons. The van der Waals surface area contributed by atoms with Gasteiger partial charge in [-0.2, -0.15) is 15.3 Å². The smallest absolute Gasteiger partial charge is 0.135 e. The van der Waals surface area contributed by atoms with Crippen molar-refractivity contribution in [2.75, 3.05) is 0 Å². The van der Waals surface area contributed by atoms with Crippen LogP contribution in [0.2, 0.25) is 0 Å². The Balaban J connectivity index is 1.73. The van der Waals surface area contributed by atoms with Gasteiger partial charge in [-0.3, -0.25) is 10.1 Å². The van der Waals surface area contributed by atoms with Gasteiger partial charge in [0.25, 0.3) is 0 Å². The molecule has 4 aromatic rings. The van der Waals surface area contributed by atoms with Crippen LogP contribution in [-0.2, 0) is 6.42 Å². The van der Waals surface area contributed by atoms with Crippen LogP contribution in [0.25, 0.3) is 22.6 Å². The number of nitrogens with zero attached hydrogens (tertiary/aromatic N) is 4. The Morgan fingerprint density at radius 2 is 1.72 bits per heavy atom. The van der Waals surface area contributed by atoms with E-state index in [4.69, 9.17) is 4.98 Å². The fraction of sp³-hybridized carbons (Fsp3) is 0.182. The number of benzene rings is 1. The van der Waals surface area contributed by atoms with E-state index in [0.717, 1.165) is 28.3 Å². The van der Waals surface area contributed by atoms with E-state index in [9.17, 15) is 8.78 Å². The van der Waals surface area contributed by atoms with Gasteiger partial charge in [0.2, 0.25) is 0 Å². The SMILES string of the molecule is CCc1cc(-c2c(F)cccc2F)nnc1C(C)c1cccc(-c2ccn[nH]2)n1. The average molecular weight is 391 g/mol. The molecule has 0 amide bonds. The number of aromatic amines is 1. The molecule has 1 aromatic carbocycles. The summed E-state index contributed by atoms with van der Waals surface area (Å²) >= 11 is 0. The van der Waals surface area contributed by atoms with Gasteiger partial charge in [0.05, 0.1) is 28.3 Å². The quantitative estimate of drug-likeness (QED) is 0.524. The lowest BCUT2D eigenvalue weighted by Gasteiger charge is -2.15. The molecule has 0 fully saturated rings. The lowest BCUT2D eigenvalue weighted by atomic mass is 9.96. The van der Waals surface area contributed by atoms with Gasteiger partial charge in [-0.25, -0.2) is 8.78 Å². The molecule has 0 bridgehead atoms. The summed E-state index contributed by atoms with van der Waals surface area (Å²) in [5.74, 6) is -1.45. The van der Waals surface area contributed by atoms with E-state index >= 15 is 0 Å². The molecule has 0 aliphatic carbocycles. The number of nitrogens with one attached hydrogen (secondary N) is 1. The molecule has 0 aliphatic heterocycles. The molecule has 0 saturated heterocycles. The van der Waals surface area contributed by atoms with Crippen molar-refractivity contribution < 1.29 is 8.78 Å². The van der Waals surface area contributed by atoms with Crippen molar-refractivity contribution in [3.05, 3.63) is 83.3 Å². The van der Waals surface area contributed by atoms with Crippen molar-refractivity contribution in [3.63, 3.8) is 0 Å². The molecule has 29 heavy (non-hydrogen) atoms. The van der Waals surface area contributed by atoms with E-state index in [0.29, 0.717) is 6.42 Å². The average Bonchev–Trinajstić information content (AvgIpc) is 3.28. The van der Waals surface area contributed by atoms with E-state index in [1.807, 2.05) is 38.1 Å². The second-order valence-electron chi connectivity index (χ2n) is 6.73. The third kappa shape index (κ3) is 3.63. The van der Waals surface area contributed by atoms with Crippen molar-refractivity contribution in [1.82, 2.24) is 25.4 Å². The maximum Gasteiger partial charge on any atom is 0.135 e. The van der Waals surface area contributed by atoms with Crippen LogP contribution in [0.15, 0.2) is 54.7 Å². The Kier molecular flexibility index (Phi) is 5.12. The second-order valence-corrected chi connectivity index (χ2v) is 6.73. The first kappa shape index (κ1) is 18.9. The normalized spacial score (nSPS) is 12.1. The van der Waals surface area contributed by atoms with E-state index in [1.165, 1.54) is 18.2 Å². The van der Waals surface area contributed by atoms with Crippen molar-refractivity contribution in [2.45, 2.75) is 26.2 Å². The van der Waals surface area contributed by atoms with Crippen LogP contribution in [-0.4, -0.2) is 25.4 Å². The minimum absolute atomic E-state index is 0.139. The predicted octanol–water partition coefficient (Wildman–Crippen LogP) is 4.92. The number of hydrogen-bond donors (Lipinski definition) is 1. The van der Waals surface area contributed by atoms with E-state index in [1.54, 1.807) is 12.3 Å². The van der Waals surface area contributed by atoms with Crippen LogP contribution < -0.4 is 0 Å². The summed E-state index contributed by atoms with van der Waals surface area (Å²) in [6.07, 6.45) is 2.33. The molecule has 0 spiro atoms. The van der Waals surface area contributed by atoms with Crippen LogP contribution in [0.1, 0.15) is 36.7 Å². The number of aromatic nitrogens is 5. The topological polar surface area (TPSA) is 67.3 Å². The summed E-state index contributed by atoms with van der Waals surface area (Å²) < 4.78 is 28.3. The Morgan fingerprint density at radius 3 is 2.41 bits per heavy atom. The number of H-pyrrole nitrogens is 1. The van der Waals surface area contributed by atoms with Gasteiger partial charge in [0.1, 0.15) is 11.6 Å². The largest absolute Gasteiger partial charge is 0.276 e. The van der Waals surface area contributed by atoms with Crippen molar-refractivity contribution in [3.8, 4) is 22.6 Å². The highest BCUT2D eigenvalue weighted by molar-refractivity contribution is 5.61. The molecule has 4 rings (SSSR count). The first-order chi connectivity index (χ1) is 14.1. The summed E-state index contributed by atoms with van der Waals surface area (Å²) in [4.78, 5) is 4.72. The first-order valence-electron chi connectivity index (χ1n) is 9.36. The summed E-state index contributed by atoms with van der Waals surface area (Å²) in [5.41, 5.74) is 4.07. The van der Waals surface area contributed by atoms with Crippen LogP contribution in [0.3, 0.4) is 0 Å². The van der Waals surface area contributed by atoms with Crippen molar-refractivity contribution >= 4 is 0 Å². The summed E-state index contributed by atoms with van der Waals surface area (Å²) in [7, 11) is 0. The maximum absolute atomic E-state index is 14.1. The highest BCUT2D eigenvalue weighted by Crippen LogP contribution is 2.30. The van der Waals surface area contributed by atoms with Crippen molar-refractivity contribution in [1.29, 1.82) is 0 Å². The van der Waals surface area contributed by atoms with E-state index in [2.05, 4.69) is 20.4 Å². The van der Waals surface area contributed by atoms with Gasteiger partial charge in [0.15, 0.2) is 0 Å². The highest BCUT2D eigenvalue weighted by Gasteiger charge is 2.20. The van der Waals surface area contributed by atoms with Crippen LogP contribution >= 0.6 is 0 Å². The van der Waals surface area contributed by atoms with Gasteiger partial charge < -0.3 is 0 Å². The Labute approximate surface area is 166 Å². The van der Waals surface area contributed by atoms with E-state index in [-0.39, 0.29) is 17.2 Å². The Morgan fingerprint density at radius 1 is 0.966 bits per heavy atom. The fourth-order valence-electron chi connectivity index (χ4n) is 3.33. The molecule has 1 unspecified atom stereocenters. The molecular formula is C22H19F2N5. The van der Waals surface area contributed by atoms with Gasteiger partial charge in [-0.1, -0.05) is 26.0 Å². The molecule has 0 aliphatic rings. The zero-order valence-corrected chi connectivity index (χ0v) is 16.0. The zero-order chi connectivity index (χ0) is 20.4. The number of halogens is 2. The van der Waals surface area contributed by atoms with Crippen LogP contribution in [0.5, 0.6) is 0 Å². The molecule has 146 valence electrons. The Bertz CT molecular complexity index is 1120. The Hall–Kier alpha value is -3.48. The maximum atomic E-state index is 14.1. The lowest BCUT2D eigenvalue weighted by molar-refractivity contribution is 0.587. The van der Waals surface area contributed by atoms with Gasteiger partial charge in [-0.05, 0) is 48.4 Å². The summed E-state index contributed by atoms with van der Waals surface area (Å²) in [6.45, 7) is 3.97. The third-order valence-corrected chi connectivity index (χ3v) is 4.91. The minimum Gasteiger partial charge on any atom is -0.276 e. The number of rotatable bonds is 5. The van der Waals surface area contributed by atoms with Crippen molar-refractivity contribution in [2.24, 2.45) is 0 Å². The number of pyridine rings is 1. The minimum atomic E-state index is -0.656. The predicted molar refractivity (Wildman–Crippen MR) is 106 cm³/mol. The molecule has 1 N–H and O–H groups in total. The van der Waals surface area contributed by atoms with Gasteiger partial charge >= 0.3 is 0 Å². The van der Waals surface area contributed by atoms with E-state index < -0.39 is 11.6 Å². The first-order valence-corrected chi connectivity index (χ1v) is 9.36. The standard InChI is InChI=1S/C22H19F2N5/c1-3-14-12-20(21-15(23)6-4-7-16(21)24)28-29-22(14)13(2)17-8-5-9-18(26-17)19-10-11-25-27-19/h4-13H,3H2,1-2H3,(H,25,27). The molecule has 7 heteroatoms. The second kappa shape index (κ2) is 7.87. The third-order valence-electron chi connectivity index (χ3n) is 4.91. The van der Waals surface area contributed by atoms with Crippen LogP contribution in [0, 0.1) is 11.6 Å². The molecule has 5 nitrogen and oxygen atoms in total. The summed E-state index contributed by atoms with van der Waals surface area (Å²) in [6, 6.07) is 13.1. The van der Waals surface area contributed by atoms with Gasteiger partial charge in [0, 0.05) is 17.8 Å². The molecule has 3 heterocycles. The number of aryl methyl sites for hydroxylation is 1. The molecular weight excluding hydrogens is 372 g/mol. The van der Waals surface area contributed by atoms with Gasteiger partial charge in [-0.15, -0.1) is 0 Å². The molecule has 1 atom stereocenters. The number of hydrogen-bond acceptors (Lipinski definition) is 4. The van der Waals surface area contributed by atoms with Crippen LogP contribution in [0.4, 0.5) is 8.78 Å². The highest BCUT2D eigenvalue weighted by atomic mass is 19.1. The lowest BCUT2D eigenvalue weighted by Crippen LogP contribution is -2.09. The molecule has 3 aromatic heterocycles. The zero-order valence-electron chi connectivity index (χ0n) is 16.0.